The fourth-order valence-electron chi connectivity index (χ4n) is 7.62. The molecule has 1 N–H and O–H groups in total. The van der Waals surface area contributed by atoms with E-state index in [1.165, 1.54) is 16.7 Å². The molecular formula is C52H40N3OPt-. The van der Waals surface area contributed by atoms with Crippen LogP contribution in [0.2, 0.25) is 0 Å². The molecule has 9 aromatic rings. The first kappa shape index (κ1) is 37.6. The van der Waals surface area contributed by atoms with E-state index in [1.54, 1.807) is 6.07 Å². The molecule has 0 unspecified atom stereocenters. The summed E-state index contributed by atoms with van der Waals surface area (Å²) in [7, 11) is 0. The zero-order valence-corrected chi connectivity index (χ0v) is 34.2. The Labute approximate surface area is 348 Å². The van der Waals surface area contributed by atoms with Crippen molar-refractivity contribution < 1.29 is 26.2 Å². The van der Waals surface area contributed by atoms with Gasteiger partial charge in [-0.15, -0.1) is 23.8 Å². The van der Waals surface area contributed by atoms with Crippen LogP contribution in [0.4, 0.5) is 0 Å². The number of benzene rings is 7. The Bertz CT molecular complexity index is 2840. The van der Waals surface area contributed by atoms with E-state index in [9.17, 15) is 5.11 Å². The molecule has 0 fully saturated rings. The Morgan fingerprint density at radius 1 is 0.526 bits per heavy atom. The van der Waals surface area contributed by atoms with Crippen LogP contribution in [0, 0.1) is 6.07 Å². The summed E-state index contributed by atoms with van der Waals surface area (Å²) in [5, 5.41) is 11.3. The van der Waals surface area contributed by atoms with Gasteiger partial charge >= 0.3 is 0 Å². The molecule has 7 aromatic carbocycles. The van der Waals surface area contributed by atoms with E-state index < -0.39 is 0 Å². The number of nitrogens with zero attached hydrogens (tertiary/aromatic N) is 3. The van der Waals surface area contributed by atoms with Crippen molar-refractivity contribution >= 4 is 11.0 Å². The molecule has 2 aromatic heterocycles. The van der Waals surface area contributed by atoms with Crippen LogP contribution in [0.15, 0.2) is 182 Å². The van der Waals surface area contributed by atoms with Gasteiger partial charge in [0.2, 0.25) is 0 Å². The quantitative estimate of drug-likeness (QED) is 0.162. The summed E-state index contributed by atoms with van der Waals surface area (Å²) in [4.78, 5) is 10.2. The SMILES string of the molecule is CC(C)(C)c1cc(-n2c(-c3ccccc3O)nc3c(-c4[c-]c(-c5cc(-c6ccccc6)ccn5)cc(-c5ccccc5)c4)cccc32)ccc1-c1ccccc1.[Pt]. The van der Waals surface area contributed by atoms with Crippen LogP contribution in [0.1, 0.15) is 26.3 Å². The molecule has 0 aliphatic carbocycles. The monoisotopic (exact) mass is 917 g/mol. The zero-order valence-electron chi connectivity index (χ0n) is 31.9. The summed E-state index contributed by atoms with van der Waals surface area (Å²) in [6.07, 6.45) is 1.87. The number of imidazole rings is 1. The standard InChI is InChI=1S/C52H40N3O.Pt/c1-52(2,3)46-34-42(26-27-43(46)37-20-11-6-12-21-37)55-48-24-15-23-44(50(48)54-51(55)45-22-13-14-25-49(45)56)40-30-39(36-18-9-5-10-19-36)31-41(32-40)47-33-38(28-29-53-47)35-16-7-4-8-17-35;/h4-31,33-34,56H,1-3H3;/q-1;. The van der Waals surface area contributed by atoms with Gasteiger partial charge in [0.25, 0.3) is 0 Å². The number of hydrogen-bond acceptors (Lipinski definition) is 3. The summed E-state index contributed by atoms with van der Waals surface area (Å²) in [5.41, 5.74) is 14.8. The predicted molar refractivity (Wildman–Crippen MR) is 231 cm³/mol. The minimum Gasteiger partial charge on any atom is -0.507 e. The molecule has 0 aliphatic heterocycles. The molecule has 5 heteroatoms. The number of phenols is 1. The number of phenolic OH excluding ortho intramolecular Hbond substituents is 1. The van der Waals surface area contributed by atoms with Crippen molar-refractivity contribution in [3.63, 3.8) is 0 Å². The Morgan fingerprint density at radius 2 is 1.14 bits per heavy atom. The topological polar surface area (TPSA) is 50.9 Å². The summed E-state index contributed by atoms with van der Waals surface area (Å²) in [5.74, 6) is 0.835. The number of fused-ring (bicyclic) bond motifs is 1. The van der Waals surface area contributed by atoms with Crippen LogP contribution < -0.4 is 0 Å². The number of hydrogen-bond donors (Lipinski definition) is 1. The minimum absolute atomic E-state index is 0. The van der Waals surface area contributed by atoms with Gasteiger partial charge in [0.05, 0.1) is 16.6 Å². The first-order valence-electron chi connectivity index (χ1n) is 19.0. The molecule has 280 valence electrons. The van der Waals surface area contributed by atoms with Crippen LogP contribution in [-0.2, 0) is 26.5 Å². The molecule has 0 aliphatic rings. The molecular weight excluding hydrogens is 878 g/mol. The van der Waals surface area contributed by atoms with Gasteiger partial charge in [-0.3, -0.25) is 9.55 Å². The van der Waals surface area contributed by atoms with E-state index in [2.05, 4.69) is 165 Å². The third-order valence-corrected chi connectivity index (χ3v) is 10.4. The zero-order chi connectivity index (χ0) is 38.2. The molecule has 0 bridgehead atoms. The van der Waals surface area contributed by atoms with E-state index in [4.69, 9.17) is 9.97 Å². The molecule has 9 rings (SSSR count). The summed E-state index contributed by atoms with van der Waals surface area (Å²) in [6, 6.07) is 64.1. The Hall–Kier alpha value is -6.35. The second-order valence-electron chi connectivity index (χ2n) is 15.2. The number of rotatable bonds is 7. The van der Waals surface area contributed by atoms with E-state index in [-0.39, 0.29) is 32.2 Å². The molecule has 0 spiro atoms. The maximum Gasteiger partial charge on any atom is 0.148 e. The second kappa shape index (κ2) is 15.7. The van der Waals surface area contributed by atoms with E-state index in [1.807, 2.05) is 42.6 Å². The number of aromatic hydroxyl groups is 1. The third-order valence-electron chi connectivity index (χ3n) is 10.4. The van der Waals surface area contributed by atoms with Gasteiger partial charge in [0.15, 0.2) is 0 Å². The van der Waals surface area contributed by atoms with Gasteiger partial charge < -0.3 is 5.11 Å². The van der Waals surface area contributed by atoms with Crippen LogP contribution in [0.25, 0.3) is 83.9 Å². The van der Waals surface area contributed by atoms with Gasteiger partial charge in [-0.25, -0.2) is 4.98 Å². The fraction of sp³-hybridized carbons (Fsp3) is 0.0769. The van der Waals surface area contributed by atoms with Crippen molar-refractivity contribution in [1.29, 1.82) is 0 Å². The molecule has 0 atom stereocenters. The third kappa shape index (κ3) is 7.37. The van der Waals surface area contributed by atoms with Crippen LogP contribution in [-0.4, -0.2) is 19.6 Å². The predicted octanol–water partition coefficient (Wildman–Crippen LogP) is 13.2. The minimum atomic E-state index is -0.146. The summed E-state index contributed by atoms with van der Waals surface area (Å²) in [6.45, 7) is 6.76. The number of pyridine rings is 1. The van der Waals surface area contributed by atoms with Crippen molar-refractivity contribution in [2.75, 3.05) is 0 Å². The average Bonchev–Trinajstić information content (AvgIpc) is 3.64. The van der Waals surface area contributed by atoms with Crippen LogP contribution in [0.3, 0.4) is 0 Å². The van der Waals surface area contributed by atoms with Crippen molar-refractivity contribution in [1.82, 2.24) is 14.5 Å². The largest absolute Gasteiger partial charge is 0.507 e. The number of aromatic nitrogens is 3. The smallest absolute Gasteiger partial charge is 0.148 e. The fourth-order valence-corrected chi connectivity index (χ4v) is 7.62. The Kier molecular flexibility index (Phi) is 10.3. The average molecular weight is 918 g/mol. The maximum absolute atomic E-state index is 11.3. The first-order valence-corrected chi connectivity index (χ1v) is 19.0. The maximum atomic E-state index is 11.3. The second-order valence-corrected chi connectivity index (χ2v) is 15.2. The van der Waals surface area contributed by atoms with Gasteiger partial charge in [0, 0.05) is 38.6 Å². The van der Waals surface area contributed by atoms with Crippen LogP contribution >= 0.6 is 0 Å². The summed E-state index contributed by atoms with van der Waals surface area (Å²) >= 11 is 0. The van der Waals surface area contributed by atoms with E-state index >= 15 is 0 Å². The number of para-hydroxylation sites is 2. The normalized spacial score (nSPS) is 11.4. The van der Waals surface area contributed by atoms with Gasteiger partial charge in [0.1, 0.15) is 11.6 Å². The van der Waals surface area contributed by atoms with E-state index in [0.29, 0.717) is 11.4 Å². The van der Waals surface area contributed by atoms with Gasteiger partial charge in [-0.1, -0.05) is 165 Å². The Morgan fingerprint density at radius 3 is 1.82 bits per heavy atom. The molecule has 0 saturated carbocycles. The molecule has 57 heavy (non-hydrogen) atoms. The molecule has 4 nitrogen and oxygen atoms in total. The van der Waals surface area contributed by atoms with Crippen LogP contribution in [0.5, 0.6) is 5.75 Å². The van der Waals surface area contributed by atoms with Gasteiger partial charge in [-0.2, -0.15) is 0 Å². The van der Waals surface area contributed by atoms with E-state index in [0.717, 1.165) is 61.4 Å². The molecule has 2 heterocycles. The van der Waals surface area contributed by atoms with Crippen molar-refractivity contribution in [3.8, 4) is 78.6 Å². The van der Waals surface area contributed by atoms with Crippen molar-refractivity contribution in [3.05, 3.63) is 194 Å². The molecule has 0 radical (unpaired) electrons. The van der Waals surface area contributed by atoms with Crippen molar-refractivity contribution in [2.24, 2.45) is 0 Å². The van der Waals surface area contributed by atoms with Crippen molar-refractivity contribution in [2.45, 2.75) is 26.2 Å². The first-order chi connectivity index (χ1) is 27.3. The van der Waals surface area contributed by atoms with Gasteiger partial charge in [-0.05, 0) is 75.2 Å². The summed E-state index contributed by atoms with van der Waals surface area (Å²) < 4.78 is 2.19. The Balaban J connectivity index is 0.00000455. The molecule has 0 saturated heterocycles. The molecule has 0 amide bonds.